The van der Waals surface area contributed by atoms with Crippen molar-refractivity contribution in [3.63, 3.8) is 0 Å². The third-order valence-electron chi connectivity index (χ3n) is 3.11. The van der Waals surface area contributed by atoms with Crippen molar-refractivity contribution in [1.82, 2.24) is 20.1 Å². The Hall–Kier alpha value is -2.35. The molecule has 1 aromatic carbocycles. The van der Waals surface area contributed by atoms with E-state index in [9.17, 15) is 9.59 Å². The third-order valence-corrected chi connectivity index (χ3v) is 4.07. The SMILES string of the molecule is CCn1c(Cc2ccccc2)nnc1SCC(=O)NCC(N)=O. The number of nitrogens with two attached hydrogens (primary N) is 1. The fourth-order valence-electron chi connectivity index (χ4n) is 2.02. The molecule has 0 atom stereocenters. The maximum Gasteiger partial charge on any atom is 0.236 e. The molecule has 0 fully saturated rings. The molecule has 122 valence electrons. The number of benzene rings is 1. The van der Waals surface area contributed by atoms with Gasteiger partial charge in [-0.3, -0.25) is 9.59 Å². The van der Waals surface area contributed by atoms with Gasteiger partial charge in [-0.15, -0.1) is 10.2 Å². The number of thioether (sulfide) groups is 1. The molecular weight excluding hydrogens is 314 g/mol. The lowest BCUT2D eigenvalue weighted by atomic mass is 10.1. The number of rotatable bonds is 8. The van der Waals surface area contributed by atoms with Gasteiger partial charge < -0.3 is 15.6 Å². The summed E-state index contributed by atoms with van der Waals surface area (Å²) in [6, 6.07) is 10.0. The van der Waals surface area contributed by atoms with E-state index in [1.54, 1.807) is 0 Å². The first kappa shape index (κ1) is 17.0. The first-order valence-electron chi connectivity index (χ1n) is 7.24. The van der Waals surface area contributed by atoms with Gasteiger partial charge in [0.05, 0.1) is 12.3 Å². The molecule has 3 N–H and O–H groups in total. The second-order valence-electron chi connectivity index (χ2n) is 4.84. The fraction of sp³-hybridized carbons (Fsp3) is 0.333. The highest BCUT2D eigenvalue weighted by atomic mass is 32.2. The van der Waals surface area contributed by atoms with Crippen LogP contribution in [0.1, 0.15) is 18.3 Å². The number of carbonyl (C=O) groups is 2. The van der Waals surface area contributed by atoms with E-state index >= 15 is 0 Å². The van der Waals surface area contributed by atoms with Crippen molar-refractivity contribution in [2.45, 2.75) is 25.0 Å². The molecule has 1 heterocycles. The van der Waals surface area contributed by atoms with Crippen molar-refractivity contribution in [3.8, 4) is 0 Å². The molecule has 0 aliphatic carbocycles. The Balaban J connectivity index is 1.98. The Labute approximate surface area is 138 Å². The largest absolute Gasteiger partial charge is 0.368 e. The molecule has 2 aromatic rings. The Morgan fingerprint density at radius 3 is 2.65 bits per heavy atom. The van der Waals surface area contributed by atoms with Crippen molar-refractivity contribution >= 4 is 23.6 Å². The van der Waals surface area contributed by atoms with Crippen LogP contribution in [0.15, 0.2) is 35.5 Å². The number of aromatic nitrogens is 3. The molecule has 0 bridgehead atoms. The van der Waals surface area contributed by atoms with Crippen LogP contribution in [-0.4, -0.2) is 38.9 Å². The van der Waals surface area contributed by atoms with Crippen molar-refractivity contribution in [2.75, 3.05) is 12.3 Å². The van der Waals surface area contributed by atoms with Crippen LogP contribution in [0.2, 0.25) is 0 Å². The lowest BCUT2D eigenvalue weighted by Gasteiger charge is -2.07. The van der Waals surface area contributed by atoms with Crippen molar-refractivity contribution in [3.05, 3.63) is 41.7 Å². The number of carbonyl (C=O) groups excluding carboxylic acids is 2. The minimum Gasteiger partial charge on any atom is -0.368 e. The van der Waals surface area contributed by atoms with Crippen LogP contribution in [0, 0.1) is 0 Å². The average Bonchev–Trinajstić information content (AvgIpc) is 2.93. The Bertz CT molecular complexity index is 672. The smallest absolute Gasteiger partial charge is 0.236 e. The van der Waals surface area contributed by atoms with Crippen LogP contribution in [0.4, 0.5) is 0 Å². The van der Waals surface area contributed by atoms with Gasteiger partial charge in [-0.2, -0.15) is 0 Å². The highest BCUT2D eigenvalue weighted by molar-refractivity contribution is 7.99. The Kier molecular flexibility index (Phi) is 6.16. The van der Waals surface area contributed by atoms with E-state index in [0.717, 1.165) is 17.9 Å². The molecule has 7 nitrogen and oxygen atoms in total. The fourth-order valence-corrected chi connectivity index (χ4v) is 2.87. The predicted molar refractivity (Wildman–Crippen MR) is 87.9 cm³/mol. The van der Waals surface area contributed by atoms with Gasteiger partial charge in [0.2, 0.25) is 11.8 Å². The van der Waals surface area contributed by atoms with Gasteiger partial charge in [0.15, 0.2) is 5.16 Å². The van der Waals surface area contributed by atoms with E-state index in [1.807, 2.05) is 41.8 Å². The van der Waals surface area contributed by atoms with Crippen molar-refractivity contribution in [2.24, 2.45) is 5.73 Å². The number of amides is 2. The molecule has 2 amide bonds. The lowest BCUT2D eigenvalue weighted by molar-refractivity contribution is -0.123. The summed E-state index contributed by atoms with van der Waals surface area (Å²) in [7, 11) is 0. The van der Waals surface area contributed by atoms with Gasteiger partial charge in [0, 0.05) is 13.0 Å². The van der Waals surface area contributed by atoms with Gasteiger partial charge in [0.1, 0.15) is 5.82 Å². The van der Waals surface area contributed by atoms with E-state index in [2.05, 4.69) is 15.5 Å². The molecule has 0 aliphatic rings. The van der Waals surface area contributed by atoms with Crippen molar-refractivity contribution < 1.29 is 9.59 Å². The zero-order valence-electron chi connectivity index (χ0n) is 12.9. The summed E-state index contributed by atoms with van der Waals surface area (Å²) in [6.07, 6.45) is 0.691. The quantitative estimate of drug-likeness (QED) is 0.688. The minimum atomic E-state index is -0.565. The van der Waals surface area contributed by atoms with Gasteiger partial charge >= 0.3 is 0 Å². The number of primary amides is 1. The molecule has 0 aliphatic heterocycles. The summed E-state index contributed by atoms with van der Waals surface area (Å²) in [5.74, 6) is 0.199. The molecule has 0 saturated carbocycles. The zero-order valence-corrected chi connectivity index (χ0v) is 13.7. The first-order valence-corrected chi connectivity index (χ1v) is 8.22. The molecule has 2 rings (SSSR count). The van der Waals surface area contributed by atoms with E-state index < -0.39 is 5.91 Å². The maximum absolute atomic E-state index is 11.6. The summed E-state index contributed by atoms with van der Waals surface area (Å²) in [5.41, 5.74) is 6.14. The van der Waals surface area contributed by atoms with E-state index in [4.69, 9.17) is 5.73 Å². The normalized spacial score (nSPS) is 10.5. The molecule has 8 heteroatoms. The van der Waals surface area contributed by atoms with E-state index in [-0.39, 0.29) is 18.2 Å². The molecule has 23 heavy (non-hydrogen) atoms. The number of nitrogens with zero attached hydrogens (tertiary/aromatic N) is 3. The first-order chi connectivity index (χ1) is 11.1. The second kappa shape index (κ2) is 8.33. The molecule has 1 aromatic heterocycles. The molecule has 0 spiro atoms. The molecule has 0 unspecified atom stereocenters. The summed E-state index contributed by atoms with van der Waals surface area (Å²) < 4.78 is 1.99. The maximum atomic E-state index is 11.6. The summed E-state index contributed by atoms with van der Waals surface area (Å²) in [6.45, 7) is 2.58. The van der Waals surface area contributed by atoms with Crippen LogP contribution in [0.5, 0.6) is 0 Å². The standard InChI is InChI=1S/C15H19N5O2S/c1-2-20-13(8-11-6-4-3-5-7-11)18-19-15(20)23-10-14(22)17-9-12(16)21/h3-7H,2,8-10H2,1H3,(H2,16,21)(H,17,22). The minimum absolute atomic E-state index is 0.154. The summed E-state index contributed by atoms with van der Waals surface area (Å²) >= 11 is 1.29. The summed E-state index contributed by atoms with van der Waals surface area (Å²) in [5, 5.41) is 11.5. The van der Waals surface area contributed by atoms with Crippen LogP contribution < -0.4 is 11.1 Å². The molecular formula is C15H19N5O2S. The number of nitrogens with one attached hydrogen (secondary N) is 1. The Morgan fingerprint density at radius 1 is 1.26 bits per heavy atom. The highest BCUT2D eigenvalue weighted by Crippen LogP contribution is 2.18. The number of hydrogen-bond donors (Lipinski definition) is 2. The predicted octanol–water partition coefficient (Wildman–Crippen LogP) is 0.582. The Morgan fingerprint density at radius 2 is 2.00 bits per heavy atom. The van der Waals surface area contributed by atoms with Crippen LogP contribution >= 0.6 is 11.8 Å². The van der Waals surface area contributed by atoms with Gasteiger partial charge in [-0.05, 0) is 12.5 Å². The zero-order chi connectivity index (χ0) is 16.7. The van der Waals surface area contributed by atoms with Gasteiger partial charge in [-0.1, -0.05) is 42.1 Å². The van der Waals surface area contributed by atoms with E-state index in [1.165, 1.54) is 11.8 Å². The molecule has 0 saturated heterocycles. The van der Waals surface area contributed by atoms with Crippen LogP contribution in [-0.2, 0) is 22.6 Å². The lowest BCUT2D eigenvalue weighted by Crippen LogP contribution is -2.34. The number of hydrogen-bond acceptors (Lipinski definition) is 5. The van der Waals surface area contributed by atoms with Crippen molar-refractivity contribution in [1.29, 1.82) is 0 Å². The topological polar surface area (TPSA) is 103 Å². The summed E-state index contributed by atoms with van der Waals surface area (Å²) in [4.78, 5) is 22.3. The van der Waals surface area contributed by atoms with Crippen LogP contribution in [0.3, 0.4) is 0 Å². The van der Waals surface area contributed by atoms with Gasteiger partial charge in [-0.25, -0.2) is 0 Å². The monoisotopic (exact) mass is 333 g/mol. The second-order valence-corrected chi connectivity index (χ2v) is 5.78. The van der Waals surface area contributed by atoms with Gasteiger partial charge in [0.25, 0.3) is 0 Å². The third kappa shape index (κ3) is 5.10. The van der Waals surface area contributed by atoms with Crippen LogP contribution in [0.25, 0.3) is 0 Å². The molecule has 0 radical (unpaired) electrons. The average molecular weight is 333 g/mol. The highest BCUT2D eigenvalue weighted by Gasteiger charge is 2.13. The van der Waals surface area contributed by atoms with E-state index in [0.29, 0.717) is 11.6 Å².